The van der Waals surface area contributed by atoms with Crippen LogP contribution in [-0.2, 0) is 0 Å². The van der Waals surface area contributed by atoms with E-state index >= 15 is 0 Å². The number of hydrogen-bond acceptors (Lipinski definition) is 2. The van der Waals surface area contributed by atoms with Gasteiger partial charge in [-0.05, 0) is 31.6 Å². The van der Waals surface area contributed by atoms with Gasteiger partial charge in [-0.1, -0.05) is 25.8 Å². The Morgan fingerprint density at radius 3 is 2.91 bits per heavy atom. The lowest BCUT2D eigenvalue weighted by molar-refractivity contribution is 0.452. The highest BCUT2D eigenvalue weighted by molar-refractivity contribution is 7.97. The van der Waals surface area contributed by atoms with Crippen molar-refractivity contribution in [3.63, 3.8) is 0 Å². The van der Waals surface area contributed by atoms with E-state index < -0.39 is 0 Å². The number of nitrogens with one attached hydrogen (secondary N) is 1. The van der Waals surface area contributed by atoms with Crippen molar-refractivity contribution in [3.05, 3.63) is 0 Å². The molecule has 1 heterocycles. The second-order valence-electron chi connectivity index (χ2n) is 3.78. The second-order valence-corrected chi connectivity index (χ2v) is 4.71. The molecule has 0 aromatic rings. The molecular formula is C9H19NS. The van der Waals surface area contributed by atoms with Gasteiger partial charge in [0, 0.05) is 11.8 Å². The van der Waals surface area contributed by atoms with E-state index in [2.05, 4.69) is 18.6 Å². The van der Waals surface area contributed by atoms with Crippen LogP contribution in [0.15, 0.2) is 0 Å². The SMILES string of the molecule is CC(C)CCC1CCCSN1. The van der Waals surface area contributed by atoms with Crippen LogP contribution in [0.4, 0.5) is 0 Å². The molecule has 1 aliphatic rings. The average Bonchev–Trinajstić information content (AvgIpc) is 2.03. The molecule has 1 nitrogen and oxygen atoms in total. The van der Waals surface area contributed by atoms with Crippen LogP contribution in [0.3, 0.4) is 0 Å². The molecule has 0 amide bonds. The molecule has 0 radical (unpaired) electrons. The molecule has 2 heteroatoms. The van der Waals surface area contributed by atoms with Crippen molar-refractivity contribution in [3.8, 4) is 0 Å². The van der Waals surface area contributed by atoms with Crippen LogP contribution < -0.4 is 4.72 Å². The molecule has 1 saturated heterocycles. The highest BCUT2D eigenvalue weighted by Crippen LogP contribution is 2.18. The van der Waals surface area contributed by atoms with Gasteiger partial charge in [0.25, 0.3) is 0 Å². The first-order valence-electron chi connectivity index (χ1n) is 4.66. The molecule has 66 valence electrons. The Balaban J connectivity index is 2.05. The third kappa shape index (κ3) is 4.02. The average molecular weight is 173 g/mol. The molecule has 1 unspecified atom stereocenters. The van der Waals surface area contributed by atoms with Gasteiger partial charge in [0.05, 0.1) is 0 Å². The first kappa shape index (κ1) is 9.40. The lowest BCUT2D eigenvalue weighted by Crippen LogP contribution is -2.27. The predicted octanol–water partition coefficient (Wildman–Crippen LogP) is 2.82. The van der Waals surface area contributed by atoms with Gasteiger partial charge in [0.15, 0.2) is 0 Å². The van der Waals surface area contributed by atoms with Crippen molar-refractivity contribution in [1.82, 2.24) is 4.72 Å². The maximum atomic E-state index is 3.49. The van der Waals surface area contributed by atoms with E-state index in [9.17, 15) is 0 Å². The Kier molecular flexibility index (Phi) is 4.31. The van der Waals surface area contributed by atoms with Crippen LogP contribution >= 0.6 is 11.9 Å². The fourth-order valence-electron chi connectivity index (χ4n) is 1.38. The molecule has 0 aliphatic carbocycles. The van der Waals surface area contributed by atoms with E-state index in [4.69, 9.17) is 0 Å². The normalized spacial score (nSPS) is 25.9. The zero-order chi connectivity index (χ0) is 8.10. The van der Waals surface area contributed by atoms with Crippen LogP contribution in [0, 0.1) is 5.92 Å². The zero-order valence-electron chi connectivity index (χ0n) is 7.60. The molecule has 0 aromatic heterocycles. The second kappa shape index (κ2) is 5.04. The summed E-state index contributed by atoms with van der Waals surface area (Å²) in [6.45, 7) is 4.60. The number of rotatable bonds is 3. The summed E-state index contributed by atoms with van der Waals surface area (Å²) < 4.78 is 3.49. The molecule has 0 saturated carbocycles. The molecule has 0 spiro atoms. The first-order valence-corrected chi connectivity index (χ1v) is 5.65. The fraction of sp³-hybridized carbons (Fsp3) is 1.00. The van der Waals surface area contributed by atoms with Gasteiger partial charge >= 0.3 is 0 Å². The van der Waals surface area contributed by atoms with Crippen LogP contribution in [0.2, 0.25) is 0 Å². The van der Waals surface area contributed by atoms with Crippen molar-refractivity contribution in [2.75, 3.05) is 5.75 Å². The van der Waals surface area contributed by atoms with Crippen LogP contribution in [0.5, 0.6) is 0 Å². The van der Waals surface area contributed by atoms with E-state index in [0.717, 1.165) is 12.0 Å². The largest absolute Gasteiger partial charge is 0.261 e. The zero-order valence-corrected chi connectivity index (χ0v) is 8.41. The van der Waals surface area contributed by atoms with Crippen molar-refractivity contribution in [1.29, 1.82) is 0 Å². The Hall–Kier alpha value is 0.310. The van der Waals surface area contributed by atoms with Crippen LogP contribution in [0.1, 0.15) is 39.5 Å². The molecule has 1 N–H and O–H groups in total. The van der Waals surface area contributed by atoms with Crippen LogP contribution in [0.25, 0.3) is 0 Å². The van der Waals surface area contributed by atoms with Gasteiger partial charge in [0.1, 0.15) is 0 Å². The molecule has 0 aromatic carbocycles. The summed E-state index contributed by atoms with van der Waals surface area (Å²) in [7, 11) is 0. The van der Waals surface area contributed by atoms with Crippen molar-refractivity contribution in [2.45, 2.75) is 45.6 Å². The lowest BCUT2D eigenvalue weighted by atomic mass is 10.0. The predicted molar refractivity (Wildman–Crippen MR) is 52.7 cm³/mol. The summed E-state index contributed by atoms with van der Waals surface area (Å²) >= 11 is 1.90. The molecule has 1 fully saturated rings. The highest BCUT2D eigenvalue weighted by Gasteiger charge is 2.12. The molecule has 1 rings (SSSR count). The van der Waals surface area contributed by atoms with E-state index in [1.54, 1.807) is 0 Å². The lowest BCUT2D eigenvalue weighted by Gasteiger charge is -2.23. The minimum Gasteiger partial charge on any atom is -0.261 e. The monoisotopic (exact) mass is 173 g/mol. The molecule has 11 heavy (non-hydrogen) atoms. The van der Waals surface area contributed by atoms with E-state index in [-0.39, 0.29) is 0 Å². The maximum absolute atomic E-state index is 3.49. The topological polar surface area (TPSA) is 12.0 Å². The Morgan fingerprint density at radius 1 is 1.55 bits per heavy atom. The van der Waals surface area contributed by atoms with E-state index in [1.165, 1.54) is 31.4 Å². The molecular weight excluding hydrogens is 154 g/mol. The van der Waals surface area contributed by atoms with Crippen molar-refractivity contribution >= 4 is 11.9 Å². The molecule has 0 bridgehead atoms. The molecule has 1 aliphatic heterocycles. The maximum Gasteiger partial charge on any atom is 0.0172 e. The van der Waals surface area contributed by atoms with Gasteiger partial charge in [0.2, 0.25) is 0 Å². The van der Waals surface area contributed by atoms with Gasteiger partial charge < -0.3 is 0 Å². The smallest absolute Gasteiger partial charge is 0.0172 e. The Morgan fingerprint density at radius 2 is 2.36 bits per heavy atom. The summed E-state index contributed by atoms with van der Waals surface area (Å²) in [4.78, 5) is 0. The van der Waals surface area contributed by atoms with Gasteiger partial charge in [-0.15, -0.1) is 0 Å². The third-order valence-electron chi connectivity index (χ3n) is 2.14. The highest BCUT2D eigenvalue weighted by atomic mass is 32.2. The van der Waals surface area contributed by atoms with Crippen LogP contribution in [-0.4, -0.2) is 11.8 Å². The van der Waals surface area contributed by atoms with Crippen molar-refractivity contribution in [2.24, 2.45) is 5.92 Å². The van der Waals surface area contributed by atoms with Gasteiger partial charge in [-0.25, -0.2) is 0 Å². The minimum absolute atomic E-state index is 0.802. The fourth-order valence-corrected chi connectivity index (χ4v) is 2.28. The standard InChI is InChI=1S/C9H19NS/c1-8(2)5-6-9-4-3-7-11-10-9/h8-10H,3-7H2,1-2H3. The summed E-state index contributed by atoms with van der Waals surface area (Å²) in [5.41, 5.74) is 0. The quantitative estimate of drug-likeness (QED) is 0.659. The van der Waals surface area contributed by atoms with Gasteiger partial charge in [-0.2, -0.15) is 0 Å². The van der Waals surface area contributed by atoms with E-state index in [0.29, 0.717) is 0 Å². The first-order chi connectivity index (χ1) is 5.29. The Labute approximate surface area is 74.5 Å². The summed E-state index contributed by atoms with van der Waals surface area (Å²) in [6, 6.07) is 0.802. The van der Waals surface area contributed by atoms with Crippen molar-refractivity contribution < 1.29 is 0 Å². The number of hydrogen-bond donors (Lipinski definition) is 1. The third-order valence-corrected chi connectivity index (χ3v) is 3.13. The summed E-state index contributed by atoms with van der Waals surface area (Å²) in [6.07, 6.45) is 5.53. The van der Waals surface area contributed by atoms with Gasteiger partial charge in [-0.3, -0.25) is 4.72 Å². The van der Waals surface area contributed by atoms with E-state index in [1.807, 2.05) is 11.9 Å². The minimum atomic E-state index is 0.802. The summed E-state index contributed by atoms with van der Waals surface area (Å²) in [5, 5.41) is 0. The Bertz CT molecular complexity index is 97.7. The molecule has 1 atom stereocenters. The summed E-state index contributed by atoms with van der Waals surface area (Å²) in [5.74, 6) is 2.17.